The van der Waals surface area contributed by atoms with Crippen LogP contribution in [0, 0.1) is 0 Å². The predicted octanol–water partition coefficient (Wildman–Crippen LogP) is 10.3. The molecule has 0 saturated carbocycles. The van der Waals surface area contributed by atoms with Crippen LogP contribution >= 0.6 is 11.3 Å². The van der Waals surface area contributed by atoms with Gasteiger partial charge in [-0.3, -0.25) is 4.90 Å². The first kappa shape index (κ1) is 23.7. The van der Waals surface area contributed by atoms with Crippen molar-refractivity contribution in [1.29, 1.82) is 0 Å². The topological polar surface area (TPSA) is 34.2 Å². The van der Waals surface area contributed by atoms with Crippen molar-refractivity contribution in [2.24, 2.45) is 7.05 Å². The largest absolute Gasteiger partial charge is 0.423 e. The molecule has 0 unspecified atom stereocenters. The Morgan fingerprint density at radius 1 is 0.707 bits per heavy atom. The van der Waals surface area contributed by atoms with Crippen LogP contribution in [0.25, 0.3) is 54.5 Å². The normalized spacial score (nSPS) is 11.5. The quantitative estimate of drug-likeness (QED) is 0.215. The second-order valence-electron chi connectivity index (χ2n) is 10.2. The van der Waals surface area contributed by atoms with Crippen LogP contribution in [-0.2, 0) is 7.05 Å². The third-order valence-corrected chi connectivity index (χ3v) is 8.70. The zero-order valence-corrected chi connectivity index (χ0v) is 23.2. The molecule has 0 spiro atoms. The minimum absolute atomic E-state index is 0.532. The predicted molar refractivity (Wildman–Crippen MR) is 171 cm³/mol. The first-order chi connectivity index (χ1) is 20.2. The standard InChI is InChI=1S/C36H25N3OS/c1-38-31-18-7-5-11-25(31)22-32(38)29-17-10-19-33-35(29)37-36(40-33)39(26-13-3-2-4-14-26)27-15-9-12-24(21-27)30-23-41-34-20-8-6-16-28(30)34/h2-23H,1H3. The van der Waals surface area contributed by atoms with Crippen LogP contribution < -0.4 is 4.90 Å². The molecule has 8 rings (SSSR count). The number of rotatable bonds is 5. The molecule has 41 heavy (non-hydrogen) atoms. The number of oxazole rings is 1. The Bertz CT molecular complexity index is 2190. The van der Waals surface area contributed by atoms with Gasteiger partial charge in [0.05, 0.1) is 17.1 Å². The Morgan fingerprint density at radius 3 is 2.39 bits per heavy atom. The number of benzene rings is 5. The smallest absolute Gasteiger partial charge is 0.307 e. The van der Waals surface area contributed by atoms with E-state index in [9.17, 15) is 0 Å². The van der Waals surface area contributed by atoms with E-state index >= 15 is 0 Å². The van der Waals surface area contributed by atoms with Gasteiger partial charge >= 0.3 is 6.01 Å². The molecule has 5 heteroatoms. The van der Waals surface area contributed by atoms with E-state index in [4.69, 9.17) is 9.40 Å². The molecular formula is C36H25N3OS. The molecule has 3 aromatic heterocycles. The molecule has 3 heterocycles. The highest BCUT2D eigenvalue weighted by Crippen LogP contribution is 2.41. The van der Waals surface area contributed by atoms with Gasteiger partial charge in [-0.1, -0.05) is 78.9 Å². The Hall–Kier alpha value is -5.13. The number of thiophene rings is 1. The van der Waals surface area contributed by atoms with Gasteiger partial charge < -0.3 is 8.98 Å². The van der Waals surface area contributed by atoms with Crippen molar-refractivity contribution in [3.8, 4) is 22.4 Å². The Labute approximate surface area is 241 Å². The number of hydrogen-bond donors (Lipinski definition) is 0. The molecule has 0 amide bonds. The van der Waals surface area contributed by atoms with Gasteiger partial charge in [0, 0.05) is 39.2 Å². The minimum Gasteiger partial charge on any atom is -0.423 e. The first-order valence-corrected chi connectivity index (χ1v) is 14.5. The van der Waals surface area contributed by atoms with E-state index in [0.717, 1.165) is 39.3 Å². The van der Waals surface area contributed by atoms with Crippen LogP contribution in [0.15, 0.2) is 137 Å². The number of aryl methyl sites for hydroxylation is 1. The number of nitrogens with zero attached hydrogens (tertiary/aromatic N) is 3. The van der Waals surface area contributed by atoms with Crippen molar-refractivity contribution < 1.29 is 4.42 Å². The zero-order chi connectivity index (χ0) is 27.3. The Morgan fingerprint density at radius 2 is 1.49 bits per heavy atom. The lowest BCUT2D eigenvalue weighted by molar-refractivity contribution is 0.608. The molecule has 4 nitrogen and oxygen atoms in total. The highest BCUT2D eigenvalue weighted by atomic mass is 32.1. The van der Waals surface area contributed by atoms with E-state index in [-0.39, 0.29) is 0 Å². The third kappa shape index (κ3) is 3.93. The summed E-state index contributed by atoms with van der Waals surface area (Å²) in [5.41, 5.74) is 9.30. The molecule has 0 atom stereocenters. The van der Waals surface area contributed by atoms with Gasteiger partial charge in [0.25, 0.3) is 0 Å². The van der Waals surface area contributed by atoms with Gasteiger partial charge in [-0.15, -0.1) is 11.3 Å². The molecular weight excluding hydrogens is 522 g/mol. The van der Waals surface area contributed by atoms with Crippen molar-refractivity contribution >= 4 is 60.8 Å². The fourth-order valence-corrected chi connectivity index (χ4v) is 6.72. The van der Waals surface area contributed by atoms with Gasteiger partial charge in [-0.25, -0.2) is 0 Å². The molecule has 0 fully saturated rings. The summed E-state index contributed by atoms with van der Waals surface area (Å²) < 4.78 is 10.0. The lowest BCUT2D eigenvalue weighted by atomic mass is 10.0. The lowest BCUT2D eigenvalue weighted by Gasteiger charge is -2.21. The summed E-state index contributed by atoms with van der Waals surface area (Å²) in [6.07, 6.45) is 0. The summed E-state index contributed by atoms with van der Waals surface area (Å²) in [7, 11) is 2.10. The number of hydrogen-bond acceptors (Lipinski definition) is 4. The summed E-state index contributed by atoms with van der Waals surface area (Å²) in [5, 5.41) is 4.71. The van der Waals surface area contributed by atoms with Gasteiger partial charge in [0.15, 0.2) is 5.58 Å². The molecule has 0 aliphatic carbocycles. The van der Waals surface area contributed by atoms with Crippen molar-refractivity contribution in [1.82, 2.24) is 9.55 Å². The summed E-state index contributed by atoms with van der Waals surface area (Å²) in [4.78, 5) is 7.24. The van der Waals surface area contributed by atoms with E-state index in [1.165, 1.54) is 26.6 Å². The second kappa shape index (κ2) is 9.51. The molecule has 0 N–H and O–H groups in total. The van der Waals surface area contributed by atoms with E-state index in [2.05, 4.69) is 119 Å². The van der Waals surface area contributed by atoms with Crippen molar-refractivity contribution in [3.63, 3.8) is 0 Å². The highest BCUT2D eigenvalue weighted by Gasteiger charge is 2.22. The molecule has 0 aliphatic rings. The van der Waals surface area contributed by atoms with Gasteiger partial charge in [-0.2, -0.15) is 4.98 Å². The maximum atomic E-state index is 6.52. The molecule has 196 valence electrons. The van der Waals surface area contributed by atoms with Crippen molar-refractivity contribution in [2.75, 3.05) is 4.90 Å². The van der Waals surface area contributed by atoms with Crippen LogP contribution in [0.1, 0.15) is 0 Å². The van der Waals surface area contributed by atoms with Crippen LogP contribution in [0.2, 0.25) is 0 Å². The summed E-state index contributed by atoms with van der Waals surface area (Å²) in [6.45, 7) is 0. The van der Waals surface area contributed by atoms with Crippen molar-refractivity contribution in [3.05, 3.63) is 133 Å². The molecule has 0 radical (unpaired) electrons. The van der Waals surface area contributed by atoms with E-state index < -0.39 is 0 Å². The van der Waals surface area contributed by atoms with Crippen LogP contribution in [0.3, 0.4) is 0 Å². The summed E-state index contributed by atoms with van der Waals surface area (Å²) >= 11 is 1.77. The zero-order valence-electron chi connectivity index (χ0n) is 22.4. The molecule has 8 aromatic rings. The summed E-state index contributed by atoms with van der Waals surface area (Å²) in [6, 6.07) is 44.8. The fourth-order valence-electron chi connectivity index (χ4n) is 5.75. The van der Waals surface area contributed by atoms with Gasteiger partial charge in [0.2, 0.25) is 0 Å². The Balaban J connectivity index is 1.30. The molecule has 0 saturated heterocycles. The SMILES string of the molecule is Cn1c(-c2cccc3oc(N(c4ccccc4)c4cccc(-c5csc6ccccc56)c4)nc23)cc2ccccc21. The average molecular weight is 548 g/mol. The average Bonchev–Trinajstić information content (AvgIpc) is 3.73. The number of aromatic nitrogens is 2. The van der Waals surface area contributed by atoms with Gasteiger partial charge in [-0.05, 0) is 59.5 Å². The first-order valence-electron chi connectivity index (χ1n) is 13.6. The monoisotopic (exact) mass is 547 g/mol. The van der Waals surface area contributed by atoms with E-state index in [1.807, 2.05) is 30.3 Å². The van der Waals surface area contributed by atoms with Crippen LogP contribution in [0.4, 0.5) is 17.4 Å². The maximum absolute atomic E-state index is 6.52. The number of fused-ring (bicyclic) bond motifs is 3. The van der Waals surface area contributed by atoms with E-state index in [0.29, 0.717) is 6.01 Å². The fraction of sp³-hybridized carbons (Fsp3) is 0.0278. The van der Waals surface area contributed by atoms with Gasteiger partial charge in [0.1, 0.15) is 5.52 Å². The lowest BCUT2D eigenvalue weighted by Crippen LogP contribution is -2.10. The maximum Gasteiger partial charge on any atom is 0.307 e. The number of anilines is 3. The molecule has 0 aliphatic heterocycles. The molecule has 0 bridgehead atoms. The Kier molecular flexibility index (Phi) is 5.50. The minimum atomic E-state index is 0.532. The summed E-state index contributed by atoms with van der Waals surface area (Å²) in [5.74, 6) is 0. The van der Waals surface area contributed by atoms with E-state index in [1.54, 1.807) is 11.3 Å². The van der Waals surface area contributed by atoms with Crippen molar-refractivity contribution in [2.45, 2.75) is 0 Å². The molecule has 5 aromatic carbocycles. The number of para-hydroxylation sites is 3. The van der Waals surface area contributed by atoms with Crippen LogP contribution in [0.5, 0.6) is 0 Å². The highest BCUT2D eigenvalue weighted by molar-refractivity contribution is 7.17. The van der Waals surface area contributed by atoms with Crippen LogP contribution in [-0.4, -0.2) is 9.55 Å². The second-order valence-corrected chi connectivity index (χ2v) is 11.1. The third-order valence-electron chi connectivity index (χ3n) is 7.74.